The molecule has 4 atom stereocenters. The van der Waals surface area contributed by atoms with Crippen LogP contribution in [0.3, 0.4) is 0 Å². The van der Waals surface area contributed by atoms with Gasteiger partial charge >= 0.3 is 0 Å². The third kappa shape index (κ3) is 4.19. The molecule has 6 heteroatoms. The quantitative estimate of drug-likeness (QED) is 0.520. The minimum atomic E-state index is -0.146. The first kappa shape index (κ1) is 18.9. The van der Waals surface area contributed by atoms with Crippen LogP contribution >= 0.6 is 0 Å². The number of nitrogens with one attached hydrogen (secondary N) is 5. The first-order valence-electron chi connectivity index (χ1n) is 10.5. The zero-order valence-electron chi connectivity index (χ0n) is 16.3. The lowest BCUT2D eigenvalue weighted by Crippen LogP contribution is -2.56. The summed E-state index contributed by atoms with van der Waals surface area (Å²) in [5.41, 5.74) is 7.84. The molecule has 1 aliphatic carbocycles. The zero-order valence-corrected chi connectivity index (χ0v) is 16.3. The summed E-state index contributed by atoms with van der Waals surface area (Å²) in [5.74, 6) is 0.452. The molecule has 148 valence electrons. The maximum atomic E-state index is 12.9. The Morgan fingerprint density at radius 2 is 2.00 bits per heavy atom. The lowest BCUT2D eigenvalue weighted by Gasteiger charge is -2.35. The van der Waals surface area contributed by atoms with Gasteiger partial charge in [0.05, 0.1) is 0 Å². The maximum Gasteiger partial charge on any atom is 0.238 e. The second kappa shape index (κ2) is 8.27. The second-order valence-corrected chi connectivity index (χ2v) is 8.51. The Labute approximate surface area is 162 Å². The summed E-state index contributed by atoms with van der Waals surface area (Å²) in [5, 5.41) is 10.5. The molecule has 1 amide bonds. The van der Waals surface area contributed by atoms with Crippen LogP contribution in [-0.4, -0.2) is 43.2 Å². The van der Waals surface area contributed by atoms with Gasteiger partial charge in [0.1, 0.15) is 6.04 Å². The molecule has 6 nitrogen and oxygen atoms in total. The first-order chi connectivity index (χ1) is 13.2. The van der Waals surface area contributed by atoms with Gasteiger partial charge in [-0.25, -0.2) is 5.43 Å². The number of rotatable bonds is 6. The van der Waals surface area contributed by atoms with Crippen molar-refractivity contribution in [1.82, 2.24) is 26.8 Å². The van der Waals surface area contributed by atoms with Crippen LogP contribution in [-0.2, 0) is 4.79 Å². The maximum absolute atomic E-state index is 12.9. The van der Waals surface area contributed by atoms with E-state index in [2.05, 4.69) is 64.1 Å². The molecule has 1 aromatic rings. The molecular formula is C21H33N5O. The monoisotopic (exact) mass is 371 g/mol. The summed E-state index contributed by atoms with van der Waals surface area (Å²) in [6.07, 6.45) is 5.76. The fourth-order valence-corrected chi connectivity index (χ4v) is 5.05. The number of hydrogen-bond acceptors (Lipinski definition) is 5. The van der Waals surface area contributed by atoms with Gasteiger partial charge in [-0.1, -0.05) is 43.2 Å². The van der Waals surface area contributed by atoms with Crippen molar-refractivity contribution in [2.45, 2.75) is 62.7 Å². The van der Waals surface area contributed by atoms with E-state index in [0.29, 0.717) is 18.5 Å². The van der Waals surface area contributed by atoms with Crippen molar-refractivity contribution in [3.8, 4) is 0 Å². The largest absolute Gasteiger partial charge is 0.353 e. The first-order valence-corrected chi connectivity index (χ1v) is 10.5. The van der Waals surface area contributed by atoms with E-state index in [1.54, 1.807) is 0 Å². The van der Waals surface area contributed by atoms with E-state index < -0.39 is 0 Å². The Bertz CT molecular complexity index is 631. The van der Waals surface area contributed by atoms with Crippen LogP contribution in [0, 0.1) is 5.92 Å². The molecule has 2 saturated heterocycles. The lowest BCUT2D eigenvalue weighted by atomic mass is 9.88. The summed E-state index contributed by atoms with van der Waals surface area (Å²) < 4.78 is 0. The predicted molar refractivity (Wildman–Crippen MR) is 107 cm³/mol. The average Bonchev–Trinajstić information content (AvgIpc) is 3.34. The van der Waals surface area contributed by atoms with Gasteiger partial charge in [0.2, 0.25) is 5.91 Å². The van der Waals surface area contributed by atoms with Crippen molar-refractivity contribution < 1.29 is 4.79 Å². The second-order valence-electron chi connectivity index (χ2n) is 8.51. The van der Waals surface area contributed by atoms with Crippen molar-refractivity contribution >= 4 is 5.91 Å². The number of piperidine rings is 1. The van der Waals surface area contributed by atoms with Crippen LogP contribution in [0.4, 0.5) is 0 Å². The topological polar surface area (TPSA) is 77.2 Å². The number of amides is 1. The molecule has 4 rings (SSSR count). The van der Waals surface area contributed by atoms with Crippen molar-refractivity contribution in [3.05, 3.63) is 35.9 Å². The Morgan fingerprint density at radius 1 is 1.22 bits per heavy atom. The predicted octanol–water partition coefficient (Wildman–Crippen LogP) is 1.22. The minimum absolute atomic E-state index is 0.00116. The third-order valence-corrected chi connectivity index (χ3v) is 6.65. The normalized spacial score (nSPS) is 30.6. The Kier molecular flexibility index (Phi) is 5.78. The molecule has 3 fully saturated rings. The third-order valence-electron chi connectivity index (χ3n) is 6.65. The number of hydrogen-bond donors (Lipinski definition) is 5. The molecule has 3 aliphatic rings. The molecule has 2 heterocycles. The number of fused-ring (bicyclic) bond motifs is 1. The van der Waals surface area contributed by atoms with Crippen molar-refractivity contribution in [3.63, 3.8) is 0 Å². The summed E-state index contributed by atoms with van der Waals surface area (Å²) in [7, 11) is 0. The van der Waals surface area contributed by atoms with E-state index in [0.717, 1.165) is 32.4 Å². The highest BCUT2D eigenvalue weighted by Gasteiger charge is 2.42. The van der Waals surface area contributed by atoms with Gasteiger partial charge in [0.15, 0.2) is 0 Å². The Hall–Kier alpha value is -1.47. The van der Waals surface area contributed by atoms with E-state index in [9.17, 15) is 4.79 Å². The number of hydrazine groups is 1. The van der Waals surface area contributed by atoms with Crippen LogP contribution in [0.2, 0.25) is 0 Å². The molecule has 4 unspecified atom stereocenters. The van der Waals surface area contributed by atoms with Gasteiger partial charge in [-0.2, -0.15) is 0 Å². The van der Waals surface area contributed by atoms with E-state index in [-0.39, 0.29) is 23.5 Å². The average molecular weight is 372 g/mol. The zero-order chi connectivity index (χ0) is 18.7. The van der Waals surface area contributed by atoms with E-state index in [1.165, 1.54) is 18.4 Å². The van der Waals surface area contributed by atoms with Gasteiger partial charge in [0.25, 0.3) is 0 Å². The molecule has 0 radical (unpaired) electrons. The van der Waals surface area contributed by atoms with Crippen molar-refractivity contribution in [2.75, 3.05) is 19.6 Å². The standard InChI is InChI=1S/C21H33N5O/c1-15(16-7-3-2-4-8-16)24-21(10-5-6-11-21)14-23-20(27)19-17-13-22-12-9-18(17)25-26-19/h2-4,7-8,15,17-19,22,24-26H,5-6,9-14H2,1H3,(H,23,27). The fourth-order valence-electron chi connectivity index (χ4n) is 5.05. The van der Waals surface area contributed by atoms with Gasteiger partial charge < -0.3 is 16.0 Å². The smallest absolute Gasteiger partial charge is 0.238 e. The van der Waals surface area contributed by atoms with Crippen LogP contribution in [0.1, 0.15) is 50.6 Å². The Morgan fingerprint density at radius 3 is 2.78 bits per heavy atom. The number of carbonyl (C=O) groups is 1. The molecule has 0 aromatic heterocycles. The van der Waals surface area contributed by atoms with Gasteiger partial charge in [-0.05, 0) is 38.3 Å². The number of carbonyl (C=O) groups excluding carboxylic acids is 1. The van der Waals surface area contributed by atoms with Gasteiger partial charge in [0, 0.05) is 36.6 Å². The van der Waals surface area contributed by atoms with Crippen LogP contribution in [0.15, 0.2) is 30.3 Å². The molecule has 2 aliphatic heterocycles. The molecule has 0 bridgehead atoms. The minimum Gasteiger partial charge on any atom is -0.353 e. The molecular weight excluding hydrogens is 338 g/mol. The number of benzene rings is 1. The highest BCUT2D eigenvalue weighted by atomic mass is 16.2. The molecule has 5 N–H and O–H groups in total. The van der Waals surface area contributed by atoms with Crippen molar-refractivity contribution in [2.24, 2.45) is 5.92 Å². The summed E-state index contributed by atoms with van der Waals surface area (Å²) in [4.78, 5) is 12.9. The molecule has 0 spiro atoms. The van der Waals surface area contributed by atoms with Crippen LogP contribution < -0.4 is 26.8 Å². The molecule has 27 heavy (non-hydrogen) atoms. The lowest BCUT2D eigenvalue weighted by molar-refractivity contribution is -0.124. The van der Waals surface area contributed by atoms with Crippen LogP contribution in [0.5, 0.6) is 0 Å². The SMILES string of the molecule is CC(NC1(CNC(=O)C2NNC3CCNCC32)CCCC1)c1ccccc1. The summed E-state index contributed by atoms with van der Waals surface area (Å²) >= 11 is 0. The highest BCUT2D eigenvalue weighted by molar-refractivity contribution is 5.82. The summed E-state index contributed by atoms with van der Waals surface area (Å²) in [6.45, 7) is 4.84. The van der Waals surface area contributed by atoms with E-state index >= 15 is 0 Å². The van der Waals surface area contributed by atoms with Crippen LogP contribution in [0.25, 0.3) is 0 Å². The van der Waals surface area contributed by atoms with Gasteiger partial charge in [-0.3, -0.25) is 10.2 Å². The van der Waals surface area contributed by atoms with Gasteiger partial charge in [-0.15, -0.1) is 0 Å². The fraction of sp³-hybridized carbons (Fsp3) is 0.667. The van der Waals surface area contributed by atoms with E-state index in [1.807, 2.05) is 0 Å². The summed E-state index contributed by atoms with van der Waals surface area (Å²) in [6, 6.07) is 11.1. The van der Waals surface area contributed by atoms with E-state index in [4.69, 9.17) is 0 Å². The van der Waals surface area contributed by atoms with Crippen molar-refractivity contribution in [1.29, 1.82) is 0 Å². The molecule has 1 saturated carbocycles. The molecule has 1 aromatic carbocycles. The highest BCUT2D eigenvalue weighted by Crippen LogP contribution is 2.32. The Balaban J connectivity index is 1.36.